The number of aromatic hydroxyl groups is 1. The first-order valence-electron chi connectivity index (χ1n) is 8.23. The van der Waals surface area contributed by atoms with Gasteiger partial charge in [-0.2, -0.15) is 0 Å². The summed E-state index contributed by atoms with van der Waals surface area (Å²) in [6.07, 6.45) is 3.31. The van der Waals surface area contributed by atoms with Crippen molar-refractivity contribution >= 4 is 28.9 Å². The highest BCUT2D eigenvalue weighted by atomic mass is 32.1. The second-order valence-corrected chi connectivity index (χ2v) is 5.91. The van der Waals surface area contributed by atoms with Gasteiger partial charge in [0.1, 0.15) is 11.5 Å². The van der Waals surface area contributed by atoms with Crippen molar-refractivity contribution in [2.75, 3.05) is 11.9 Å². The molecule has 0 fully saturated rings. The quantitative estimate of drug-likeness (QED) is 0.395. The fourth-order valence-corrected chi connectivity index (χ4v) is 2.36. The lowest BCUT2D eigenvalue weighted by atomic mass is 10.2. The lowest BCUT2D eigenvalue weighted by Crippen LogP contribution is -2.34. The average molecular weight is 358 g/mol. The van der Waals surface area contributed by atoms with Crippen LogP contribution in [0.4, 0.5) is 5.69 Å². The van der Waals surface area contributed by atoms with Gasteiger partial charge in [-0.15, -0.1) is 0 Å². The molecule has 2 aromatic carbocycles. The predicted molar refractivity (Wildman–Crippen MR) is 103 cm³/mol. The van der Waals surface area contributed by atoms with Gasteiger partial charge in [0.25, 0.3) is 5.91 Å². The lowest BCUT2D eigenvalue weighted by molar-refractivity contribution is 0.0977. The van der Waals surface area contributed by atoms with Crippen LogP contribution in [0.25, 0.3) is 0 Å². The predicted octanol–water partition coefficient (Wildman–Crippen LogP) is 4.09. The van der Waals surface area contributed by atoms with Crippen LogP contribution in [-0.4, -0.2) is 22.7 Å². The molecule has 2 rings (SSSR count). The number of anilines is 1. The number of benzene rings is 2. The minimum atomic E-state index is -0.328. The Morgan fingerprint density at radius 3 is 2.52 bits per heavy atom. The molecule has 0 spiro atoms. The van der Waals surface area contributed by atoms with Gasteiger partial charge in [0.2, 0.25) is 0 Å². The lowest BCUT2D eigenvalue weighted by Gasteiger charge is -2.11. The number of thiocarbonyl (C=S) groups is 1. The molecule has 25 heavy (non-hydrogen) atoms. The summed E-state index contributed by atoms with van der Waals surface area (Å²) in [4.78, 5) is 12.2. The van der Waals surface area contributed by atoms with Crippen LogP contribution in [-0.2, 0) is 0 Å². The van der Waals surface area contributed by atoms with E-state index in [-0.39, 0.29) is 16.8 Å². The Hall–Kier alpha value is -2.60. The summed E-state index contributed by atoms with van der Waals surface area (Å²) < 4.78 is 5.62. The zero-order valence-electron chi connectivity index (χ0n) is 14.1. The van der Waals surface area contributed by atoms with E-state index in [0.717, 1.165) is 25.0 Å². The van der Waals surface area contributed by atoms with Crippen molar-refractivity contribution in [3.8, 4) is 11.5 Å². The molecule has 1 amide bonds. The molecule has 3 N–H and O–H groups in total. The first-order chi connectivity index (χ1) is 12.1. The number of phenols is 1. The SMILES string of the molecule is CCCCCOc1ccc(C(=O)NC(=S)Nc2ccccc2O)cc1. The van der Waals surface area contributed by atoms with Gasteiger partial charge in [-0.25, -0.2) is 0 Å². The smallest absolute Gasteiger partial charge is 0.257 e. The zero-order chi connectivity index (χ0) is 18.1. The van der Waals surface area contributed by atoms with Crippen molar-refractivity contribution in [1.82, 2.24) is 5.32 Å². The van der Waals surface area contributed by atoms with Crippen LogP contribution in [0.1, 0.15) is 36.5 Å². The highest BCUT2D eigenvalue weighted by Gasteiger charge is 2.09. The van der Waals surface area contributed by atoms with Crippen LogP contribution in [0.5, 0.6) is 11.5 Å². The average Bonchev–Trinajstić information content (AvgIpc) is 2.61. The van der Waals surface area contributed by atoms with Gasteiger partial charge in [-0.1, -0.05) is 31.9 Å². The summed E-state index contributed by atoms with van der Waals surface area (Å²) in [6.45, 7) is 2.82. The molecule has 0 atom stereocenters. The zero-order valence-corrected chi connectivity index (χ0v) is 14.9. The Labute approximate surface area is 153 Å². The summed E-state index contributed by atoms with van der Waals surface area (Å²) in [5, 5.41) is 15.2. The van der Waals surface area contributed by atoms with Crippen LogP contribution in [0.15, 0.2) is 48.5 Å². The number of hydrogen-bond donors (Lipinski definition) is 3. The van der Waals surface area contributed by atoms with Crippen molar-refractivity contribution < 1.29 is 14.6 Å². The Morgan fingerprint density at radius 2 is 1.84 bits per heavy atom. The van der Waals surface area contributed by atoms with E-state index in [9.17, 15) is 9.90 Å². The van der Waals surface area contributed by atoms with Gasteiger partial charge in [0.15, 0.2) is 5.11 Å². The molecule has 0 saturated carbocycles. The number of amides is 1. The second kappa shape index (κ2) is 9.64. The summed E-state index contributed by atoms with van der Waals surface area (Å²) in [6, 6.07) is 13.6. The number of carbonyl (C=O) groups is 1. The van der Waals surface area contributed by atoms with Crippen LogP contribution in [0.3, 0.4) is 0 Å². The Kier molecular flexibility index (Phi) is 7.22. The molecule has 0 aliphatic carbocycles. The Balaban J connectivity index is 1.85. The number of carbonyl (C=O) groups excluding carboxylic acids is 1. The third-order valence-corrected chi connectivity index (χ3v) is 3.72. The highest BCUT2D eigenvalue weighted by Crippen LogP contribution is 2.21. The van der Waals surface area contributed by atoms with E-state index in [2.05, 4.69) is 17.6 Å². The molecular weight excluding hydrogens is 336 g/mol. The van der Waals surface area contributed by atoms with E-state index < -0.39 is 0 Å². The maximum atomic E-state index is 12.2. The topological polar surface area (TPSA) is 70.6 Å². The van der Waals surface area contributed by atoms with E-state index in [1.807, 2.05) is 0 Å². The summed E-state index contributed by atoms with van der Waals surface area (Å²) >= 11 is 5.10. The summed E-state index contributed by atoms with van der Waals surface area (Å²) in [5.41, 5.74) is 0.908. The van der Waals surface area contributed by atoms with Crippen molar-refractivity contribution in [2.45, 2.75) is 26.2 Å². The number of unbranched alkanes of at least 4 members (excludes halogenated alkanes) is 2. The van der Waals surface area contributed by atoms with Gasteiger partial charge < -0.3 is 15.2 Å². The highest BCUT2D eigenvalue weighted by molar-refractivity contribution is 7.80. The number of para-hydroxylation sites is 2. The maximum absolute atomic E-state index is 12.2. The molecule has 0 heterocycles. The van der Waals surface area contributed by atoms with E-state index >= 15 is 0 Å². The molecule has 0 bridgehead atoms. The number of rotatable bonds is 7. The van der Waals surface area contributed by atoms with Crippen LogP contribution >= 0.6 is 12.2 Å². The number of hydrogen-bond acceptors (Lipinski definition) is 4. The molecule has 6 heteroatoms. The first-order valence-corrected chi connectivity index (χ1v) is 8.64. The first kappa shape index (κ1) is 18.7. The molecule has 0 aromatic heterocycles. The van der Waals surface area contributed by atoms with Crippen molar-refractivity contribution in [1.29, 1.82) is 0 Å². The van der Waals surface area contributed by atoms with Crippen LogP contribution < -0.4 is 15.4 Å². The molecule has 0 saturated heterocycles. The fraction of sp³-hybridized carbons (Fsp3) is 0.263. The molecule has 132 valence electrons. The second-order valence-electron chi connectivity index (χ2n) is 5.51. The number of nitrogens with one attached hydrogen (secondary N) is 2. The van der Waals surface area contributed by atoms with E-state index in [4.69, 9.17) is 17.0 Å². The van der Waals surface area contributed by atoms with Crippen molar-refractivity contribution in [2.24, 2.45) is 0 Å². The standard InChI is InChI=1S/C19H22N2O3S/c1-2-3-6-13-24-15-11-9-14(10-12-15)18(23)21-19(25)20-16-7-4-5-8-17(16)22/h4-5,7-12,22H,2-3,6,13H2,1H3,(H2,20,21,23,25). The van der Waals surface area contributed by atoms with Crippen LogP contribution in [0.2, 0.25) is 0 Å². The van der Waals surface area contributed by atoms with E-state index in [1.165, 1.54) is 6.07 Å². The molecule has 5 nitrogen and oxygen atoms in total. The molecule has 0 aliphatic heterocycles. The maximum Gasteiger partial charge on any atom is 0.257 e. The fourth-order valence-electron chi connectivity index (χ4n) is 2.15. The third-order valence-electron chi connectivity index (χ3n) is 3.51. The number of phenolic OH excluding ortho intramolecular Hbond substituents is 1. The molecule has 0 aliphatic rings. The number of ether oxygens (including phenoxy) is 1. The Bertz CT molecular complexity index is 717. The normalized spacial score (nSPS) is 10.1. The minimum Gasteiger partial charge on any atom is -0.506 e. The summed E-state index contributed by atoms with van der Waals surface area (Å²) in [5.74, 6) is 0.469. The van der Waals surface area contributed by atoms with Gasteiger partial charge >= 0.3 is 0 Å². The van der Waals surface area contributed by atoms with E-state index in [0.29, 0.717) is 17.9 Å². The molecule has 0 radical (unpaired) electrons. The third kappa shape index (κ3) is 6.08. The largest absolute Gasteiger partial charge is 0.506 e. The van der Waals surface area contributed by atoms with Crippen molar-refractivity contribution in [3.63, 3.8) is 0 Å². The van der Waals surface area contributed by atoms with Crippen LogP contribution in [0, 0.1) is 0 Å². The molecule has 2 aromatic rings. The minimum absolute atomic E-state index is 0.0590. The monoisotopic (exact) mass is 358 g/mol. The van der Waals surface area contributed by atoms with Gasteiger partial charge in [-0.3, -0.25) is 10.1 Å². The van der Waals surface area contributed by atoms with Gasteiger partial charge in [0, 0.05) is 5.56 Å². The van der Waals surface area contributed by atoms with Gasteiger partial charge in [0.05, 0.1) is 12.3 Å². The summed E-state index contributed by atoms with van der Waals surface area (Å²) in [7, 11) is 0. The van der Waals surface area contributed by atoms with Gasteiger partial charge in [-0.05, 0) is 55.0 Å². The Morgan fingerprint density at radius 1 is 1.12 bits per heavy atom. The van der Waals surface area contributed by atoms with E-state index in [1.54, 1.807) is 42.5 Å². The molecular formula is C19H22N2O3S. The molecule has 0 unspecified atom stereocenters. The van der Waals surface area contributed by atoms with Crippen molar-refractivity contribution in [3.05, 3.63) is 54.1 Å².